The number of nitrogens with one attached hydrogen (secondary N) is 1. The molecule has 1 fully saturated rings. The summed E-state index contributed by atoms with van der Waals surface area (Å²) in [5.41, 5.74) is -0.559. The van der Waals surface area contributed by atoms with Crippen LogP contribution in [0.4, 0.5) is 4.79 Å². The van der Waals surface area contributed by atoms with Crippen molar-refractivity contribution in [3.05, 3.63) is 0 Å². The summed E-state index contributed by atoms with van der Waals surface area (Å²) in [7, 11) is 0. The van der Waals surface area contributed by atoms with Gasteiger partial charge in [0.25, 0.3) is 0 Å². The Labute approximate surface area is 106 Å². The molecule has 0 aromatic carbocycles. The first kappa shape index (κ1) is 14.3. The molecule has 0 aromatic heterocycles. The summed E-state index contributed by atoms with van der Waals surface area (Å²) in [5.74, 6) is -0.254. The Morgan fingerprint density at radius 3 is 2.65 bits per heavy atom. The largest absolute Gasteiger partial charge is 0.444 e. The molecule has 0 aliphatic carbocycles. The molecule has 98 valence electrons. The number of ether oxygens (including phenoxy) is 1. The Morgan fingerprint density at radius 2 is 2.12 bits per heavy atom. The Kier molecular flexibility index (Phi) is 4.77. The van der Waals surface area contributed by atoms with Gasteiger partial charge in [0.05, 0.1) is 5.88 Å². The number of alkyl halides is 1. The van der Waals surface area contributed by atoms with E-state index >= 15 is 0 Å². The van der Waals surface area contributed by atoms with Crippen molar-refractivity contribution in [2.45, 2.75) is 32.4 Å². The highest BCUT2D eigenvalue weighted by Crippen LogP contribution is 2.14. The number of halogens is 1. The summed E-state index contributed by atoms with van der Waals surface area (Å²) < 4.78 is 5.27. The number of hydrogen-bond acceptors (Lipinski definition) is 4. The molecule has 1 rings (SSSR count). The average molecular weight is 263 g/mol. The molecular formula is C11H19ClN2O3. The van der Waals surface area contributed by atoms with E-state index in [-0.39, 0.29) is 11.7 Å². The third kappa shape index (κ3) is 4.16. The van der Waals surface area contributed by atoms with Crippen LogP contribution >= 0.6 is 11.6 Å². The molecule has 0 radical (unpaired) electrons. The minimum absolute atomic E-state index is 0.0916. The predicted octanol–water partition coefficient (Wildman–Crippen LogP) is 1.00. The molecule has 5 nitrogen and oxygen atoms in total. The number of piperazine rings is 1. The molecule has 0 spiro atoms. The van der Waals surface area contributed by atoms with Gasteiger partial charge in [0.15, 0.2) is 5.78 Å². The van der Waals surface area contributed by atoms with E-state index in [0.29, 0.717) is 19.6 Å². The maximum atomic E-state index is 11.9. The molecule has 1 saturated heterocycles. The van der Waals surface area contributed by atoms with Gasteiger partial charge in [-0.05, 0) is 20.8 Å². The fraction of sp³-hybridized carbons (Fsp3) is 0.818. The monoisotopic (exact) mass is 262 g/mol. The van der Waals surface area contributed by atoms with E-state index in [1.54, 1.807) is 20.8 Å². The number of ketones is 1. The van der Waals surface area contributed by atoms with Crippen molar-refractivity contribution in [3.8, 4) is 0 Å². The molecular weight excluding hydrogens is 244 g/mol. The van der Waals surface area contributed by atoms with E-state index < -0.39 is 17.7 Å². The molecule has 1 atom stereocenters. The Hall–Kier alpha value is -0.810. The van der Waals surface area contributed by atoms with Crippen molar-refractivity contribution < 1.29 is 14.3 Å². The average Bonchev–Trinajstić information content (AvgIpc) is 2.25. The van der Waals surface area contributed by atoms with Gasteiger partial charge in [-0.25, -0.2) is 4.79 Å². The van der Waals surface area contributed by atoms with Crippen molar-refractivity contribution in [2.24, 2.45) is 0 Å². The zero-order valence-corrected chi connectivity index (χ0v) is 11.2. The van der Waals surface area contributed by atoms with Gasteiger partial charge in [0, 0.05) is 19.6 Å². The second kappa shape index (κ2) is 5.69. The van der Waals surface area contributed by atoms with Gasteiger partial charge in [-0.2, -0.15) is 0 Å². The molecule has 0 bridgehead atoms. The van der Waals surface area contributed by atoms with Gasteiger partial charge < -0.3 is 10.1 Å². The van der Waals surface area contributed by atoms with Gasteiger partial charge in [0.2, 0.25) is 0 Å². The summed E-state index contributed by atoms with van der Waals surface area (Å²) in [6, 6.07) is -0.518. The molecule has 1 N–H and O–H groups in total. The number of carbonyl (C=O) groups excluding carboxylic acids is 2. The lowest BCUT2D eigenvalue weighted by atomic mass is 10.1. The summed E-state index contributed by atoms with van der Waals surface area (Å²) in [4.78, 5) is 25.0. The lowest BCUT2D eigenvalue weighted by Crippen LogP contribution is -2.58. The number of carbonyl (C=O) groups is 2. The Balaban J connectivity index is 2.71. The molecule has 0 saturated carbocycles. The molecule has 1 unspecified atom stereocenters. The normalized spacial score (nSPS) is 21.2. The van der Waals surface area contributed by atoms with E-state index in [4.69, 9.17) is 16.3 Å². The van der Waals surface area contributed by atoms with Gasteiger partial charge in [-0.3, -0.25) is 9.69 Å². The van der Waals surface area contributed by atoms with Gasteiger partial charge >= 0.3 is 6.09 Å². The van der Waals surface area contributed by atoms with Crippen LogP contribution in [-0.4, -0.2) is 53.9 Å². The second-order valence-electron chi connectivity index (χ2n) is 4.99. The number of rotatable bonds is 2. The maximum Gasteiger partial charge on any atom is 0.410 e. The van der Waals surface area contributed by atoms with Crippen molar-refractivity contribution in [2.75, 3.05) is 25.5 Å². The predicted molar refractivity (Wildman–Crippen MR) is 65.3 cm³/mol. The number of nitrogens with zero attached hydrogens (tertiary/aromatic N) is 1. The summed E-state index contributed by atoms with van der Waals surface area (Å²) in [6.07, 6.45) is -0.456. The van der Waals surface area contributed by atoms with Gasteiger partial charge in [0.1, 0.15) is 11.6 Å². The fourth-order valence-corrected chi connectivity index (χ4v) is 1.80. The van der Waals surface area contributed by atoms with Crippen LogP contribution in [-0.2, 0) is 9.53 Å². The van der Waals surface area contributed by atoms with Crippen LogP contribution < -0.4 is 5.32 Å². The first-order chi connectivity index (χ1) is 7.85. The van der Waals surface area contributed by atoms with Gasteiger partial charge in [-0.15, -0.1) is 11.6 Å². The van der Waals surface area contributed by atoms with Crippen LogP contribution in [0.3, 0.4) is 0 Å². The molecule has 1 aliphatic rings. The van der Waals surface area contributed by atoms with Crippen LogP contribution in [0.5, 0.6) is 0 Å². The maximum absolute atomic E-state index is 11.9. The molecule has 6 heteroatoms. The number of Topliss-reactive ketones (excluding diaryl/α,β-unsaturated/α-hetero) is 1. The highest BCUT2D eigenvalue weighted by molar-refractivity contribution is 6.28. The topological polar surface area (TPSA) is 58.6 Å². The summed E-state index contributed by atoms with van der Waals surface area (Å²) in [6.45, 7) is 6.95. The molecule has 1 amide bonds. The van der Waals surface area contributed by atoms with Crippen LogP contribution in [0, 0.1) is 0 Å². The van der Waals surface area contributed by atoms with E-state index in [9.17, 15) is 9.59 Å². The first-order valence-corrected chi connectivity index (χ1v) is 6.17. The van der Waals surface area contributed by atoms with E-state index in [1.165, 1.54) is 4.90 Å². The fourth-order valence-electron chi connectivity index (χ4n) is 1.62. The third-order valence-corrected chi connectivity index (χ3v) is 2.64. The first-order valence-electron chi connectivity index (χ1n) is 5.64. The molecule has 1 heterocycles. The third-order valence-electron chi connectivity index (χ3n) is 2.37. The molecule has 17 heavy (non-hydrogen) atoms. The lowest BCUT2D eigenvalue weighted by Gasteiger charge is -2.35. The lowest BCUT2D eigenvalue weighted by molar-refractivity contribution is -0.122. The van der Waals surface area contributed by atoms with Crippen molar-refractivity contribution in [1.82, 2.24) is 10.2 Å². The molecule has 1 aliphatic heterocycles. The standard InChI is InChI=1S/C11H19ClN2O3/c1-11(2,3)17-10(16)14-5-4-13-7-8(14)9(15)6-12/h8,13H,4-7H2,1-3H3. The zero-order chi connectivity index (χ0) is 13.1. The smallest absolute Gasteiger partial charge is 0.410 e. The Morgan fingerprint density at radius 1 is 1.47 bits per heavy atom. The van der Waals surface area contributed by atoms with Crippen molar-refractivity contribution in [1.29, 1.82) is 0 Å². The van der Waals surface area contributed by atoms with Crippen molar-refractivity contribution >= 4 is 23.5 Å². The van der Waals surface area contributed by atoms with Crippen LogP contribution in [0.15, 0.2) is 0 Å². The Bertz CT molecular complexity index is 302. The highest BCUT2D eigenvalue weighted by atomic mass is 35.5. The zero-order valence-electron chi connectivity index (χ0n) is 10.5. The number of amides is 1. The summed E-state index contributed by atoms with van der Waals surface area (Å²) in [5, 5.41) is 3.07. The summed E-state index contributed by atoms with van der Waals surface area (Å²) >= 11 is 5.53. The van der Waals surface area contributed by atoms with Crippen LogP contribution in [0.1, 0.15) is 20.8 Å². The van der Waals surface area contributed by atoms with E-state index in [0.717, 1.165) is 0 Å². The quantitative estimate of drug-likeness (QED) is 0.755. The number of hydrogen-bond donors (Lipinski definition) is 1. The van der Waals surface area contributed by atoms with E-state index in [2.05, 4.69) is 5.32 Å². The van der Waals surface area contributed by atoms with Gasteiger partial charge in [-0.1, -0.05) is 0 Å². The molecule has 0 aromatic rings. The minimum Gasteiger partial charge on any atom is -0.444 e. The van der Waals surface area contributed by atoms with E-state index in [1.807, 2.05) is 0 Å². The minimum atomic E-state index is -0.559. The second-order valence-corrected chi connectivity index (χ2v) is 5.26. The van der Waals surface area contributed by atoms with Crippen LogP contribution in [0.2, 0.25) is 0 Å². The van der Waals surface area contributed by atoms with Crippen molar-refractivity contribution in [3.63, 3.8) is 0 Å². The highest BCUT2D eigenvalue weighted by Gasteiger charge is 2.33. The SMILES string of the molecule is CC(C)(C)OC(=O)N1CCNCC1C(=O)CCl. The van der Waals surface area contributed by atoms with Crippen LogP contribution in [0.25, 0.3) is 0 Å².